The molecule has 1 heterocycles. The second kappa shape index (κ2) is 5.25. The van der Waals surface area contributed by atoms with Crippen LogP contribution in [0.1, 0.15) is 16.3 Å². The van der Waals surface area contributed by atoms with Gasteiger partial charge in [-0.2, -0.15) is 0 Å². The Hall–Kier alpha value is -1.46. The molecule has 17 heavy (non-hydrogen) atoms. The summed E-state index contributed by atoms with van der Waals surface area (Å²) in [6.07, 6.45) is 0. The second-order valence-electron chi connectivity index (χ2n) is 3.65. The molecule has 0 saturated carbocycles. The number of aryl methyl sites for hydroxylation is 1. The molecule has 0 aliphatic rings. The summed E-state index contributed by atoms with van der Waals surface area (Å²) < 4.78 is 18.7. The quantitative estimate of drug-likeness (QED) is 0.910. The smallest absolute Gasteiger partial charge is 0.131 e. The highest BCUT2D eigenvalue weighted by atomic mass is 32.1. The van der Waals surface area contributed by atoms with E-state index in [1.54, 1.807) is 17.4 Å². The van der Waals surface area contributed by atoms with E-state index >= 15 is 0 Å². The molecule has 2 N–H and O–H groups in total. The monoisotopic (exact) mass is 252 g/mol. The molecule has 90 valence electrons. The molecule has 3 nitrogen and oxygen atoms in total. The van der Waals surface area contributed by atoms with Crippen molar-refractivity contribution in [2.45, 2.75) is 20.1 Å². The number of nitrogens with two attached hydrogens (primary N) is 1. The molecule has 0 aliphatic carbocycles. The van der Waals surface area contributed by atoms with E-state index in [9.17, 15) is 4.39 Å². The first-order chi connectivity index (χ1) is 8.17. The van der Waals surface area contributed by atoms with Gasteiger partial charge in [-0.15, -0.1) is 11.3 Å². The summed E-state index contributed by atoms with van der Waals surface area (Å²) in [7, 11) is 0. The Morgan fingerprint density at radius 1 is 1.41 bits per heavy atom. The van der Waals surface area contributed by atoms with Crippen molar-refractivity contribution < 1.29 is 9.13 Å². The number of hydrogen-bond donors (Lipinski definition) is 1. The van der Waals surface area contributed by atoms with Gasteiger partial charge < -0.3 is 10.5 Å². The van der Waals surface area contributed by atoms with E-state index in [1.807, 2.05) is 12.3 Å². The average molecular weight is 252 g/mol. The lowest BCUT2D eigenvalue weighted by Gasteiger charge is -2.06. The molecule has 5 heteroatoms. The molecule has 0 bridgehead atoms. The molecule has 0 spiro atoms. The van der Waals surface area contributed by atoms with Crippen molar-refractivity contribution in [3.8, 4) is 5.75 Å². The van der Waals surface area contributed by atoms with Crippen molar-refractivity contribution in [3.05, 3.63) is 45.7 Å². The third kappa shape index (κ3) is 3.25. The lowest BCUT2D eigenvalue weighted by Crippen LogP contribution is -2.00. The molecule has 0 unspecified atom stereocenters. The fraction of sp³-hybridized carbons (Fsp3) is 0.250. The predicted molar refractivity (Wildman–Crippen MR) is 65.5 cm³/mol. The Bertz CT molecular complexity index is 513. The Kier molecular flexibility index (Phi) is 3.71. The zero-order valence-electron chi connectivity index (χ0n) is 9.44. The number of rotatable bonds is 4. The topological polar surface area (TPSA) is 48.1 Å². The molecule has 0 fully saturated rings. The van der Waals surface area contributed by atoms with Gasteiger partial charge in [0.05, 0.1) is 10.7 Å². The first kappa shape index (κ1) is 12.0. The minimum atomic E-state index is -0.336. The maximum atomic E-state index is 13.2. The van der Waals surface area contributed by atoms with E-state index in [1.165, 1.54) is 12.1 Å². The van der Waals surface area contributed by atoms with Gasteiger partial charge in [-0.05, 0) is 24.6 Å². The number of benzene rings is 1. The molecule has 2 aromatic rings. The number of thiazole rings is 1. The van der Waals surface area contributed by atoms with Crippen LogP contribution in [0.2, 0.25) is 0 Å². The second-order valence-corrected chi connectivity index (χ2v) is 4.71. The number of hydrogen-bond acceptors (Lipinski definition) is 4. The van der Waals surface area contributed by atoms with Gasteiger partial charge in [0.1, 0.15) is 18.2 Å². The summed E-state index contributed by atoms with van der Waals surface area (Å²) >= 11 is 1.57. The van der Waals surface area contributed by atoms with Crippen LogP contribution in [0.5, 0.6) is 5.75 Å². The van der Waals surface area contributed by atoms with E-state index < -0.39 is 0 Å². The summed E-state index contributed by atoms with van der Waals surface area (Å²) in [6, 6.07) is 4.49. The fourth-order valence-corrected chi connectivity index (χ4v) is 2.05. The highest BCUT2D eigenvalue weighted by molar-refractivity contribution is 7.09. The molecule has 1 aromatic heterocycles. The zero-order chi connectivity index (χ0) is 12.3. The zero-order valence-corrected chi connectivity index (χ0v) is 10.3. The number of halogens is 1. The van der Waals surface area contributed by atoms with Crippen molar-refractivity contribution in [2.24, 2.45) is 5.73 Å². The lowest BCUT2D eigenvalue weighted by molar-refractivity contribution is 0.300. The molecule has 0 saturated heterocycles. The van der Waals surface area contributed by atoms with E-state index in [2.05, 4.69) is 4.98 Å². The van der Waals surface area contributed by atoms with Crippen LogP contribution in [0.4, 0.5) is 4.39 Å². The Morgan fingerprint density at radius 2 is 2.24 bits per heavy atom. The van der Waals surface area contributed by atoms with Crippen molar-refractivity contribution in [1.29, 1.82) is 0 Å². The minimum Gasteiger partial charge on any atom is -0.487 e. The highest BCUT2D eigenvalue weighted by Crippen LogP contribution is 2.18. The van der Waals surface area contributed by atoms with Crippen LogP contribution in [-0.4, -0.2) is 4.98 Å². The summed E-state index contributed by atoms with van der Waals surface area (Å²) in [6.45, 7) is 2.57. The van der Waals surface area contributed by atoms with E-state index in [4.69, 9.17) is 10.5 Å². The van der Waals surface area contributed by atoms with Crippen LogP contribution < -0.4 is 10.5 Å². The fourth-order valence-electron chi connectivity index (χ4n) is 1.45. The van der Waals surface area contributed by atoms with Crippen LogP contribution >= 0.6 is 11.3 Å². The largest absolute Gasteiger partial charge is 0.487 e. The van der Waals surface area contributed by atoms with Crippen molar-refractivity contribution in [2.75, 3.05) is 0 Å². The first-order valence-corrected chi connectivity index (χ1v) is 6.08. The molecule has 1 aromatic carbocycles. The van der Waals surface area contributed by atoms with Crippen LogP contribution in [0.3, 0.4) is 0 Å². The molecule has 0 atom stereocenters. The van der Waals surface area contributed by atoms with E-state index in [0.717, 1.165) is 16.3 Å². The lowest BCUT2D eigenvalue weighted by atomic mass is 10.2. The molecular formula is C12H13FN2OS. The van der Waals surface area contributed by atoms with Crippen LogP contribution in [0.15, 0.2) is 23.6 Å². The molecule has 0 amide bonds. The Balaban J connectivity index is 2.05. The third-order valence-electron chi connectivity index (χ3n) is 2.22. The van der Waals surface area contributed by atoms with Gasteiger partial charge in [0, 0.05) is 18.0 Å². The van der Waals surface area contributed by atoms with E-state index in [0.29, 0.717) is 18.9 Å². The van der Waals surface area contributed by atoms with Gasteiger partial charge in [-0.1, -0.05) is 0 Å². The SMILES string of the molecule is Cc1nc(COc2cc(F)cc(CN)c2)cs1. The summed E-state index contributed by atoms with van der Waals surface area (Å²) in [4.78, 5) is 4.27. The van der Waals surface area contributed by atoms with Crippen LogP contribution in [-0.2, 0) is 13.2 Å². The number of nitrogens with zero attached hydrogens (tertiary/aromatic N) is 1. The summed E-state index contributed by atoms with van der Waals surface area (Å²) in [5.41, 5.74) is 7.04. The van der Waals surface area contributed by atoms with Crippen molar-refractivity contribution >= 4 is 11.3 Å². The summed E-state index contributed by atoms with van der Waals surface area (Å²) in [5, 5.41) is 2.92. The van der Waals surface area contributed by atoms with Crippen LogP contribution in [0, 0.1) is 12.7 Å². The van der Waals surface area contributed by atoms with Gasteiger partial charge in [-0.3, -0.25) is 0 Å². The predicted octanol–water partition coefficient (Wildman–Crippen LogP) is 2.63. The third-order valence-corrected chi connectivity index (χ3v) is 3.04. The maximum absolute atomic E-state index is 13.2. The van der Waals surface area contributed by atoms with Gasteiger partial charge >= 0.3 is 0 Å². The number of aromatic nitrogens is 1. The van der Waals surface area contributed by atoms with Gasteiger partial charge in [-0.25, -0.2) is 9.37 Å². The van der Waals surface area contributed by atoms with Gasteiger partial charge in [0.25, 0.3) is 0 Å². The highest BCUT2D eigenvalue weighted by Gasteiger charge is 2.03. The standard InChI is InChI=1S/C12H13FN2OS/c1-8-15-11(7-17-8)6-16-12-3-9(5-14)2-10(13)4-12/h2-4,7H,5-6,14H2,1H3. The Morgan fingerprint density at radius 3 is 2.88 bits per heavy atom. The maximum Gasteiger partial charge on any atom is 0.131 e. The normalized spacial score (nSPS) is 10.5. The first-order valence-electron chi connectivity index (χ1n) is 5.20. The number of ether oxygens (including phenoxy) is 1. The molecule has 2 rings (SSSR count). The average Bonchev–Trinajstić information content (AvgIpc) is 2.72. The summed E-state index contributed by atoms with van der Waals surface area (Å²) in [5.74, 6) is 0.147. The van der Waals surface area contributed by atoms with Crippen molar-refractivity contribution in [1.82, 2.24) is 4.98 Å². The molecule has 0 aliphatic heterocycles. The minimum absolute atomic E-state index is 0.296. The van der Waals surface area contributed by atoms with E-state index in [-0.39, 0.29) is 5.82 Å². The van der Waals surface area contributed by atoms with Crippen molar-refractivity contribution in [3.63, 3.8) is 0 Å². The van der Waals surface area contributed by atoms with Gasteiger partial charge in [0.15, 0.2) is 0 Å². The Labute approximate surface area is 103 Å². The van der Waals surface area contributed by atoms with Gasteiger partial charge in [0.2, 0.25) is 0 Å². The molecular weight excluding hydrogens is 239 g/mol. The van der Waals surface area contributed by atoms with Crippen LogP contribution in [0.25, 0.3) is 0 Å². The molecule has 0 radical (unpaired) electrons.